The van der Waals surface area contributed by atoms with Crippen LogP contribution in [-0.2, 0) is 25.7 Å². The number of hydrogen-bond donors (Lipinski definition) is 0. The van der Waals surface area contributed by atoms with Crippen LogP contribution in [-0.4, -0.2) is 0 Å². The molecule has 2 aromatic carbocycles. The molecule has 0 radical (unpaired) electrons. The summed E-state index contributed by atoms with van der Waals surface area (Å²) in [6.07, 6.45) is 4.28. The molecule has 0 aliphatic carbocycles. The van der Waals surface area contributed by atoms with Gasteiger partial charge in [-0.15, -0.1) is 0 Å². The predicted octanol–water partition coefficient (Wildman–Crippen LogP) is 4.30. The Bertz CT molecular complexity index is 599. The van der Waals surface area contributed by atoms with Crippen molar-refractivity contribution in [3.8, 4) is 0 Å². The van der Waals surface area contributed by atoms with Crippen molar-refractivity contribution in [3.05, 3.63) is 58.7 Å². The Morgan fingerprint density at radius 1 is 0.611 bits per heavy atom. The topological polar surface area (TPSA) is 24.7 Å². The van der Waals surface area contributed by atoms with Gasteiger partial charge in [-0.3, -0.25) is 0 Å². The minimum Gasteiger partial charge on any atom is -0.150 e. The Hall–Kier alpha value is -1.96. The molecule has 2 aliphatic heterocycles. The molecule has 2 aromatic rings. The summed E-state index contributed by atoms with van der Waals surface area (Å²) in [5.74, 6) is 0. The summed E-state index contributed by atoms with van der Waals surface area (Å²) < 4.78 is 0. The van der Waals surface area contributed by atoms with E-state index in [0.29, 0.717) is 0 Å². The molecule has 2 heteroatoms. The normalized spacial score (nSPS) is 15.8. The zero-order valence-electron chi connectivity index (χ0n) is 10.2. The summed E-state index contributed by atoms with van der Waals surface area (Å²) in [4.78, 5) is 0. The van der Waals surface area contributed by atoms with Gasteiger partial charge in [-0.25, -0.2) is 0 Å². The number of rotatable bonds is 0. The van der Waals surface area contributed by atoms with Crippen molar-refractivity contribution in [2.24, 2.45) is 10.2 Å². The van der Waals surface area contributed by atoms with Crippen LogP contribution < -0.4 is 0 Å². The summed E-state index contributed by atoms with van der Waals surface area (Å²) in [5.41, 5.74) is 7.48. The van der Waals surface area contributed by atoms with Gasteiger partial charge in [-0.05, 0) is 60.1 Å². The van der Waals surface area contributed by atoms with Gasteiger partial charge in [0.25, 0.3) is 0 Å². The van der Waals surface area contributed by atoms with E-state index in [9.17, 15) is 0 Å². The Morgan fingerprint density at radius 2 is 1.11 bits per heavy atom. The van der Waals surface area contributed by atoms with Crippen molar-refractivity contribution in [2.45, 2.75) is 25.7 Å². The summed E-state index contributed by atoms with van der Waals surface area (Å²) >= 11 is 0. The number of benzene rings is 2. The van der Waals surface area contributed by atoms with Crippen molar-refractivity contribution in [3.63, 3.8) is 0 Å². The lowest BCUT2D eigenvalue weighted by Gasteiger charge is -2.15. The van der Waals surface area contributed by atoms with Crippen molar-refractivity contribution in [1.29, 1.82) is 0 Å². The second-order valence-electron chi connectivity index (χ2n) is 5.13. The van der Waals surface area contributed by atoms with E-state index in [0.717, 1.165) is 37.1 Å². The standard InChI is InChI=1S/C16H14N2/c1-2-12-4-6-14-8-7-13-5-3-11(1)9-15(13)17-18-16(14)10-12/h3-6,9-10H,1-2,7-8H2. The number of nitrogens with zero attached hydrogens (tertiary/aromatic N) is 2. The number of aryl methyl sites for hydroxylation is 4. The fraction of sp³-hybridized carbons (Fsp3) is 0.250. The maximum atomic E-state index is 4.45. The summed E-state index contributed by atoms with van der Waals surface area (Å²) in [7, 11) is 0. The lowest BCUT2D eigenvalue weighted by atomic mass is 9.94. The van der Waals surface area contributed by atoms with Crippen LogP contribution in [0, 0.1) is 0 Å². The molecule has 2 nitrogen and oxygen atoms in total. The van der Waals surface area contributed by atoms with Gasteiger partial charge >= 0.3 is 0 Å². The first-order valence-electron chi connectivity index (χ1n) is 6.54. The van der Waals surface area contributed by atoms with Crippen molar-refractivity contribution < 1.29 is 0 Å². The van der Waals surface area contributed by atoms with Crippen molar-refractivity contribution >= 4 is 11.4 Å². The SMILES string of the molecule is c1cc2c3cc1CCc1ccc(c(c1)N=N3)CC2. The average Bonchev–Trinajstić information content (AvgIpc) is 2.37. The van der Waals surface area contributed by atoms with E-state index in [4.69, 9.17) is 0 Å². The van der Waals surface area contributed by atoms with Crippen LogP contribution in [0.5, 0.6) is 0 Å². The minimum absolute atomic E-state index is 1.06. The van der Waals surface area contributed by atoms with Crippen LogP contribution in [0.4, 0.5) is 11.4 Å². The Kier molecular flexibility index (Phi) is 2.10. The fourth-order valence-corrected chi connectivity index (χ4v) is 2.80. The first kappa shape index (κ1) is 10.0. The molecule has 0 aromatic heterocycles. The van der Waals surface area contributed by atoms with Gasteiger partial charge in [0.15, 0.2) is 0 Å². The highest BCUT2D eigenvalue weighted by Gasteiger charge is 2.13. The molecule has 4 rings (SSSR count). The van der Waals surface area contributed by atoms with Crippen LogP contribution >= 0.6 is 0 Å². The molecule has 18 heavy (non-hydrogen) atoms. The predicted molar refractivity (Wildman–Crippen MR) is 71.9 cm³/mol. The van der Waals surface area contributed by atoms with Gasteiger partial charge in [-0.1, -0.05) is 24.3 Å². The van der Waals surface area contributed by atoms with Crippen LogP contribution in [0.2, 0.25) is 0 Å². The van der Waals surface area contributed by atoms with Crippen LogP contribution in [0.3, 0.4) is 0 Å². The molecule has 2 aliphatic rings. The lowest BCUT2D eigenvalue weighted by Crippen LogP contribution is -2.00. The largest absolute Gasteiger partial charge is 0.150 e. The summed E-state index contributed by atoms with van der Waals surface area (Å²) in [6.45, 7) is 0. The second-order valence-corrected chi connectivity index (χ2v) is 5.13. The molecule has 0 N–H and O–H groups in total. The molecule has 0 saturated heterocycles. The Balaban J connectivity index is 2.02. The van der Waals surface area contributed by atoms with Gasteiger partial charge in [0.2, 0.25) is 0 Å². The smallest absolute Gasteiger partial charge is 0.0891 e. The van der Waals surface area contributed by atoms with Crippen molar-refractivity contribution in [2.75, 3.05) is 0 Å². The Labute approximate surface area is 106 Å². The first-order chi connectivity index (χ1) is 8.88. The Morgan fingerprint density at radius 3 is 1.61 bits per heavy atom. The van der Waals surface area contributed by atoms with E-state index < -0.39 is 0 Å². The van der Waals surface area contributed by atoms with Gasteiger partial charge in [-0.2, -0.15) is 10.2 Å². The first-order valence-corrected chi connectivity index (χ1v) is 6.54. The van der Waals surface area contributed by atoms with E-state index >= 15 is 0 Å². The maximum absolute atomic E-state index is 4.45. The molecule has 0 saturated carbocycles. The van der Waals surface area contributed by atoms with Gasteiger partial charge in [0, 0.05) is 0 Å². The zero-order valence-corrected chi connectivity index (χ0v) is 10.2. The third-order valence-corrected chi connectivity index (χ3v) is 3.93. The quantitative estimate of drug-likeness (QED) is 0.649. The summed E-state index contributed by atoms with van der Waals surface area (Å²) in [5, 5.41) is 8.90. The molecule has 2 heterocycles. The van der Waals surface area contributed by atoms with E-state index in [2.05, 4.69) is 46.6 Å². The van der Waals surface area contributed by atoms with Gasteiger partial charge in [0.05, 0.1) is 11.4 Å². The van der Waals surface area contributed by atoms with Crippen LogP contribution in [0.1, 0.15) is 22.3 Å². The van der Waals surface area contributed by atoms with E-state index in [1.807, 2.05) is 0 Å². The van der Waals surface area contributed by atoms with Crippen LogP contribution in [0.15, 0.2) is 46.6 Å². The van der Waals surface area contributed by atoms with E-state index in [1.54, 1.807) is 0 Å². The molecule has 0 fully saturated rings. The highest BCUT2D eigenvalue weighted by Crippen LogP contribution is 2.33. The van der Waals surface area contributed by atoms with Gasteiger partial charge in [0.1, 0.15) is 0 Å². The maximum Gasteiger partial charge on any atom is 0.0891 e. The monoisotopic (exact) mass is 234 g/mol. The zero-order chi connectivity index (χ0) is 11.9. The van der Waals surface area contributed by atoms with E-state index in [-0.39, 0.29) is 0 Å². The second kappa shape index (κ2) is 3.77. The fourth-order valence-electron chi connectivity index (χ4n) is 2.80. The number of fused-ring (bicyclic) bond motifs is 2. The van der Waals surface area contributed by atoms with Crippen LogP contribution in [0.25, 0.3) is 0 Å². The van der Waals surface area contributed by atoms with E-state index in [1.165, 1.54) is 22.3 Å². The number of hydrogen-bond acceptors (Lipinski definition) is 2. The molecule has 0 spiro atoms. The lowest BCUT2D eigenvalue weighted by molar-refractivity contribution is 0.903. The molecule has 4 bridgehead atoms. The average molecular weight is 234 g/mol. The molecule has 88 valence electrons. The summed E-state index contributed by atoms with van der Waals surface area (Å²) in [6, 6.07) is 13.3. The molecular formula is C16H14N2. The third kappa shape index (κ3) is 1.57. The molecular weight excluding hydrogens is 220 g/mol. The van der Waals surface area contributed by atoms with Crippen molar-refractivity contribution in [1.82, 2.24) is 0 Å². The third-order valence-electron chi connectivity index (χ3n) is 3.93. The number of azo groups is 1. The molecule has 0 unspecified atom stereocenters. The molecule has 0 amide bonds. The van der Waals surface area contributed by atoms with Gasteiger partial charge < -0.3 is 0 Å². The molecule has 0 atom stereocenters. The highest BCUT2D eigenvalue weighted by atomic mass is 15.1. The minimum atomic E-state index is 1.06. The highest BCUT2D eigenvalue weighted by molar-refractivity contribution is 5.55.